The number of halogens is 1. The number of ether oxygens (including phenoxy) is 2. The highest BCUT2D eigenvalue weighted by molar-refractivity contribution is 6.36. The van der Waals surface area contributed by atoms with Gasteiger partial charge in [-0.05, 0) is 44.1 Å². The predicted molar refractivity (Wildman–Crippen MR) is 171 cm³/mol. The minimum absolute atomic E-state index is 0.155. The van der Waals surface area contributed by atoms with Crippen LogP contribution in [0.2, 0.25) is 5.02 Å². The fraction of sp³-hybridized carbons (Fsp3) is 0.455. The van der Waals surface area contributed by atoms with Crippen LogP contribution < -0.4 is 14.5 Å². The highest BCUT2D eigenvalue weighted by atomic mass is 35.5. The van der Waals surface area contributed by atoms with E-state index in [1.165, 1.54) is 6.08 Å². The summed E-state index contributed by atoms with van der Waals surface area (Å²) in [4.78, 5) is 30.9. The molecule has 0 unspecified atom stereocenters. The molecule has 0 spiro atoms. The third-order valence-electron chi connectivity index (χ3n) is 9.02. The van der Waals surface area contributed by atoms with Crippen molar-refractivity contribution in [3.8, 4) is 12.1 Å². The lowest BCUT2D eigenvalue weighted by molar-refractivity contribution is -0.128. The number of carbonyl (C=O) groups is 1. The summed E-state index contributed by atoms with van der Waals surface area (Å²) in [5.41, 5.74) is 3.06. The first kappa shape index (κ1) is 30.1. The van der Waals surface area contributed by atoms with Crippen molar-refractivity contribution >= 4 is 39.8 Å². The quantitative estimate of drug-likeness (QED) is 0.349. The zero-order chi connectivity index (χ0) is 30.8. The summed E-state index contributed by atoms with van der Waals surface area (Å²) >= 11 is 6.71. The van der Waals surface area contributed by atoms with E-state index < -0.39 is 0 Å². The van der Waals surface area contributed by atoms with Crippen LogP contribution in [0.5, 0.6) is 6.01 Å². The summed E-state index contributed by atoms with van der Waals surface area (Å²) in [6.45, 7) is 8.33. The molecule has 3 aliphatic heterocycles. The zero-order valence-electron chi connectivity index (χ0n) is 25.3. The molecule has 3 aromatic rings. The molecule has 2 fully saturated rings. The lowest BCUT2D eigenvalue weighted by atomic mass is 10.0. The molecule has 0 N–H and O–H groups in total. The van der Waals surface area contributed by atoms with Crippen molar-refractivity contribution in [2.45, 2.75) is 31.5 Å². The van der Waals surface area contributed by atoms with Gasteiger partial charge in [-0.15, -0.1) is 0 Å². The van der Waals surface area contributed by atoms with Gasteiger partial charge in [0.05, 0.1) is 55.6 Å². The first-order chi connectivity index (χ1) is 21.4. The molecule has 2 aromatic carbocycles. The van der Waals surface area contributed by atoms with Crippen LogP contribution in [0.4, 0.5) is 11.5 Å². The molecule has 44 heavy (non-hydrogen) atoms. The maximum Gasteiger partial charge on any atom is 0.318 e. The molecule has 11 heteroatoms. The number of carbonyl (C=O) groups excluding carboxylic acids is 1. The number of anilines is 2. The summed E-state index contributed by atoms with van der Waals surface area (Å²) in [6.07, 6.45) is 2.29. The maximum atomic E-state index is 12.6. The van der Waals surface area contributed by atoms with Crippen LogP contribution in [0.15, 0.2) is 49.1 Å². The topological polar surface area (TPSA) is 98.1 Å². The van der Waals surface area contributed by atoms with Gasteiger partial charge in [-0.25, -0.2) is 0 Å². The molecule has 1 amide bonds. The molecular formula is C33H38ClN7O3. The number of nitriles is 1. The Bertz CT molecular complexity index is 1590. The van der Waals surface area contributed by atoms with Crippen molar-refractivity contribution < 1.29 is 14.3 Å². The van der Waals surface area contributed by atoms with Crippen molar-refractivity contribution in [3.63, 3.8) is 0 Å². The van der Waals surface area contributed by atoms with Crippen LogP contribution >= 0.6 is 11.6 Å². The molecule has 0 aliphatic carbocycles. The van der Waals surface area contributed by atoms with Crippen LogP contribution in [0.1, 0.15) is 17.7 Å². The Morgan fingerprint density at radius 2 is 2.00 bits per heavy atom. The number of rotatable bonds is 8. The number of piperazine rings is 1. The average molecular weight is 616 g/mol. The van der Waals surface area contributed by atoms with Gasteiger partial charge in [0.15, 0.2) is 0 Å². The van der Waals surface area contributed by atoms with Crippen molar-refractivity contribution in [3.05, 3.63) is 65.3 Å². The van der Waals surface area contributed by atoms with E-state index in [-0.39, 0.29) is 30.3 Å². The van der Waals surface area contributed by atoms with Crippen molar-refractivity contribution in [2.24, 2.45) is 5.92 Å². The molecule has 4 heterocycles. The first-order valence-electron chi connectivity index (χ1n) is 15.1. The monoisotopic (exact) mass is 615 g/mol. The number of hydrogen-bond acceptors (Lipinski definition) is 9. The number of likely N-dealkylation sites (N-methyl/N-ethyl adjacent to an activating group) is 1. The lowest BCUT2D eigenvalue weighted by Crippen LogP contribution is -2.55. The van der Waals surface area contributed by atoms with Gasteiger partial charge in [0.2, 0.25) is 5.91 Å². The van der Waals surface area contributed by atoms with Crippen LogP contribution in [-0.2, 0) is 22.5 Å². The lowest BCUT2D eigenvalue weighted by Gasteiger charge is -2.42. The summed E-state index contributed by atoms with van der Waals surface area (Å²) in [5, 5.41) is 12.4. The van der Waals surface area contributed by atoms with Gasteiger partial charge < -0.3 is 29.1 Å². The second kappa shape index (κ2) is 13.0. The van der Waals surface area contributed by atoms with Gasteiger partial charge in [0.1, 0.15) is 5.82 Å². The average Bonchev–Trinajstić information content (AvgIpc) is 3.52. The minimum Gasteiger partial charge on any atom is -0.463 e. The minimum atomic E-state index is -0.261. The summed E-state index contributed by atoms with van der Waals surface area (Å²) < 4.78 is 12.1. The zero-order valence-corrected chi connectivity index (χ0v) is 26.0. The molecular weight excluding hydrogens is 578 g/mol. The van der Waals surface area contributed by atoms with E-state index in [4.69, 9.17) is 31.0 Å². The Kier molecular flexibility index (Phi) is 8.89. The molecule has 0 saturated carbocycles. The fourth-order valence-corrected chi connectivity index (χ4v) is 6.97. The molecule has 0 radical (unpaired) electrons. The fourth-order valence-electron chi connectivity index (χ4n) is 6.69. The smallest absolute Gasteiger partial charge is 0.318 e. The summed E-state index contributed by atoms with van der Waals surface area (Å²) in [6, 6.07) is 14.8. The van der Waals surface area contributed by atoms with E-state index in [1.807, 2.05) is 12.1 Å². The Morgan fingerprint density at radius 3 is 2.77 bits per heavy atom. The number of hydrogen-bond donors (Lipinski definition) is 0. The Hall–Kier alpha value is -3.91. The molecule has 1 aromatic heterocycles. The molecule has 3 aliphatic rings. The van der Waals surface area contributed by atoms with Crippen molar-refractivity contribution in [2.75, 3.05) is 69.9 Å². The first-order valence-corrected chi connectivity index (χ1v) is 15.5. The largest absolute Gasteiger partial charge is 0.463 e. The van der Waals surface area contributed by atoms with E-state index in [0.29, 0.717) is 52.0 Å². The molecule has 0 bridgehead atoms. The van der Waals surface area contributed by atoms with E-state index in [0.717, 1.165) is 51.5 Å². The van der Waals surface area contributed by atoms with E-state index in [2.05, 4.69) is 65.7 Å². The summed E-state index contributed by atoms with van der Waals surface area (Å²) in [5.74, 6) is 0.870. The Morgan fingerprint density at radius 1 is 1.18 bits per heavy atom. The SMILES string of the molecule is C=CC(=O)N1CCN(c2nc(OC[C@@H]3COC[C@@H]3N(C)C)nc3c2CCN(c2cccc4cccc(Cl)c24)C3)C[C@@H]1CC#N. The third-order valence-corrected chi connectivity index (χ3v) is 9.33. The maximum absolute atomic E-state index is 12.6. The molecule has 3 atom stereocenters. The van der Waals surface area contributed by atoms with Crippen LogP contribution in [0, 0.1) is 17.2 Å². The standard InChI is InChI=1S/C33H38ClN7O3/c1-4-30(42)41-16-15-40(17-24(41)11-13-35)32-25-12-14-39(28-10-6-8-22-7-5-9-26(34)31(22)28)18-27(25)36-33(37-32)44-20-23-19-43-21-29(23)38(2)3/h4-10,23-24,29H,1,11-12,14-21H2,2-3H3/t23-,24-,29-/m0/s1. The van der Waals surface area contributed by atoms with E-state index in [1.54, 1.807) is 4.90 Å². The van der Waals surface area contributed by atoms with Crippen LogP contribution in [0.25, 0.3) is 10.8 Å². The number of aromatic nitrogens is 2. The van der Waals surface area contributed by atoms with Crippen LogP contribution in [0.3, 0.4) is 0 Å². The van der Waals surface area contributed by atoms with Gasteiger partial charge in [-0.3, -0.25) is 4.79 Å². The Balaban J connectivity index is 1.34. The highest BCUT2D eigenvalue weighted by Crippen LogP contribution is 2.37. The van der Waals surface area contributed by atoms with Gasteiger partial charge in [0.25, 0.3) is 0 Å². The highest BCUT2D eigenvalue weighted by Gasteiger charge is 2.34. The number of nitrogens with zero attached hydrogens (tertiary/aromatic N) is 7. The molecule has 230 valence electrons. The molecule has 10 nitrogen and oxygen atoms in total. The van der Waals surface area contributed by atoms with Crippen molar-refractivity contribution in [1.29, 1.82) is 5.26 Å². The Labute approximate surface area is 263 Å². The molecule has 6 rings (SSSR count). The van der Waals surface area contributed by atoms with E-state index in [9.17, 15) is 10.1 Å². The summed E-state index contributed by atoms with van der Waals surface area (Å²) in [7, 11) is 4.12. The van der Waals surface area contributed by atoms with Gasteiger partial charge >= 0.3 is 6.01 Å². The van der Waals surface area contributed by atoms with E-state index >= 15 is 0 Å². The van der Waals surface area contributed by atoms with Gasteiger partial charge in [-0.1, -0.05) is 42.4 Å². The second-order valence-electron chi connectivity index (χ2n) is 11.9. The van der Waals surface area contributed by atoms with Crippen molar-refractivity contribution in [1.82, 2.24) is 19.8 Å². The second-order valence-corrected chi connectivity index (χ2v) is 12.3. The third kappa shape index (κ3) is 5.92. The normalized spacial score (nSPS) is 21.8. The molecule has 2 saturated heterocycles. The number of fused-ring (bicyclic) bond motifs is 2. The van der Waals surface area contributed by atoms with Gasteiger partial charge in [0, 0.05) is 54.8 Å². The predicted octanol–water partition coefficient (Wildman–Crippen LogP) is 3.92. The van der Waals surface area contributed by atoms with Gasteiger partial charge in [-0.2, -0.15) is 15.2 Å². The van der Waals surface area contributed by atoms with Crippen LogP contribution in [-0.4, -0.2) is 97.9 Å². The number of benzene rings is 2. The number of amides is 1.